The summed E-state index contributed by atoms with van der Waals surface area (Å²) in [6.45, 7) is 13.1. The van der Waals surface area contributed by atoms with Gasteiger partial charge in [-0.1, -0.05) is 45.8 Å². The van der Waals surface area contributed by atoms with Crippen LogP contribution in [-0.4, -0.2) is 22.1 Å². The molecule has 2 aliphatic rings. The molecular formula is C24H34N4O2. The van der Waals surface area contributed by atoms with Gasteiger partial charge in [0.25, 0.3) is 0 Å². The average molecular weight is 411 g/mol. The summed E-state index contributed by atoms with van der Waals surface area (Å²) in [5.41, 5.74) is 5.22. The van der Waals surface area contributed by atoms with Crippen molar-refractivity contribution in [2.75, 3.05) is 5.01 Å². The van der Waals surface area contributed by atoms with Gasteiger partial charge in [-0.15, -0.1) is 0 Å². The molecule has 6 nitrogen and oxygen atoms in total. The van der Waals surface area contributed by atoms with Crippen LogP contribution in [0.2, 0.25) is 0 Å². The minimum absolute atomic E-state index is 0.00351. The molecule has 3 atom stereocenters. The van der Waals surface area contributed by atoms with Crippen LogP contribution in [0.15, 0.2) is 28.9 Å². The predicted molar refractivity (Wildman–Crippen MR) is 117 cm³/mol. The van der Waals surface area contributed by atoms with Crippen molar-refractivity contribution in [1.82, 2.24) is 15.6 Å². The number of carbonyl (C=O) groups excluding carboxylic acids is 1. The van der Waals surface area contributed by atoms with Crippen LogP contribution in [0.3, 0.4) is 0 Å². The van der Waals surface area contributed by atoms with Crippen LogP contribution >= 0.6 is 0 Å². The van der Waals surface area contributed by atoms with Crippen molar-refractivity contribution >= 4 is 11.7 Å². The van der Waals surface area contributed by atoms with Gasteiger partial charge < -0.3 is 4.52 Å². The Morgan fingerprint density at radius 3 is 2.67 bits per heavy atom. The first-order valence-corrected chi connectivity index (χ1v) is 11.1. The molecule has 2 aromatic heterocycles. The standard InChI is InChI=1S/C24H34N4O2/c1-15-12-21(29)26-28(15)22-18(8-7-11-25-22)24(5,6)10-9-16-13-17(16)19-14-20(30-27-19)23(2,3)4/h7-8,11,14-17H,9-10,12-13H2,1-6H3,(H,26,29). The number of nitrogens with zero attached hydrogens (tertiary/aromatic N) is 3. The lowest BCUT2D eigenvalue weighted by Crippen LogP contribution is -2.39. The van der Waals surface area contributed by atoms with E-state index in [-0.39, 0.29) is 22.8 Å². The number of rotatable bonds is 6. The van der Waals surface area contributed by atoms with E-state index in [2.05, 4.69) is 69.2 Å². The van der Waals surface area contributed by atoms with Gasteiger partial charge in [0.15, 0.2) is 5.82 Å². The third kappa shape index (κ3) is 4.09. The molecule has 3 heterocycles. The fourth-order valence-corrected chi connectivity index (χ4v) is 4.46. The molecule has 2 fully saturated rings. The van der Waals surface area contributed by atoms with E-state index < -0.39 is 0 Å². The summed E-state index contributed by atoms with van der Waals surface area (Å²) in [5.74, 6) is 3.07. The number of carbonyl (C=O) groups is 1. The maximum Gasteiger partial charge on any atom is 0.240 e. The maximum atomic E-state index is 11.9. The highest BCUT2D eigenvalue weighted by atomic mass is 16.5. The van der Waals surface area contributed by atoms with Gasteiger partial charge in [-0.3, -0.25) is 15.2 Å². The molecule has 3 unspecified atom stereocenters. The second kappa shape index (κ2) is 7.40. The molecule has 0 spiro atoms. The summed E-state index contributed by atoms with van der Waals surface area (Å²) in [6, 6.07) is 6.40. The van der Waals surface area contributed by atoms with Crippen LogP contribution in [0, 0.1) is 5.92 Å². The highest BCUT2D eigenvalue weighted by Crippen LogP contribution is 2.52. The molecule has 0 bridgehead atoms. The summed E-state index contributed by atoms with van der Waals surface area (Å²) in [5, 5.41) is 6.28. The number of pyridine rings is 1. The van der Waals surface area contributed by atoms with E-state index in [1.54, 1.807) is 6.20 Å². The zero-order valence-corrected chi connectivity index (χ0v) is 19.0. The summed E-state index contributed by atoms with van der Waals surface area (Å²) < 4.78 is 5.59. The first-order valence-electron chi connectivity index (χ1n) is 11.1. The largest absolute Gasteiger partial charge is 0.361 e. The normalized spacial score (nSPS) is 24.3. The van der Waals surface area contributed by atoms with Gasteiger partial charge in [0, 0.05) is 29.2 Å². The number of aromatic nitrogens is 2. The quantitative estimate of drug-likeness (QED) is 0.736. The van der Waals surface area contributed by atoms with Gasteiger partial charge in [-0.05, 0) is 43.6 Å². The van der Waals surface area contributed by atoms with E-state index >= 15 is 0 Å². The minimum Gasteiger partial charge on any atom is -0.361 e. The number of hydrogen-bond acceptors (Lipinski definition) is 5. The zero-order valence-electron chi connectivity index (χ0n) is 19.0. The Morgan fingerprint density at radius 1 is 1.27 bits per heavy atom. The second-order valence-corrected chi connectivity index (χ2v) is 10.7. The lowest BCUT2D eigenvalue weighted by molar-refractivity contribution is -0.119. The first-order chi connectivity index (χ1) is 14.1. The Morgan fingerprint density at radius 2 is 2.03 bits per heavy atom. The Balaban J connectivity index is 1.43. The summed E-state index contributed by atoms with van der Waals surface area (Å²) >= 11 is 0. The molecule has 1 saturated heterocycles. The Labute approximate surface area is 179 Å². The van der Waals surface area contributed by atoms with Gasteiger partial charge in [-0.25, -0.2) is 4.98 Å². The minimum atomic E-state index is -0.0375. The SMILES string of the molecule is CC1CC(=O)NN1c1ncccc1C(C)(C)CCC1CC1c1cc(C(C)(C)C)on1. The Bertz CT molecular complexity index is 927. The van der Waals surface area contributed by atoms with Gasteiger partial charge in [0.1, 0.15) is 5.76 Å². The molecule has 1 N–H and O–H groups in total. The smallest absolute Gasteiger partial charge is 0.240 e. The van der Waals surface area contributed by atoms with Crippen LogP contribution in [0.5, 0.6) is 0 Å². The van der Waals surface area contributed by atoms with Crippen molar-refractivity contribution < 1.29 is 9.32 Å². The molecule has 1 saturated carbocycles. The van der Waals surface area contributed by atoms with Crippen molar-refractivity contribution in [3.05, 3.63) is 41.4 Å². The molecule has 0 aromatic carbocycles. The van der Waals surface area contributed by atoms with E-state index in [9.17, 15) is 4.79 Å². The average Bonchev–Trinajstić information content (AvgIpc) is 3.10. The lowest BCUT2D eigenvalue weighted by atomic mass is 9.79. The number of amides is 1. The second-order valence-electron chi connectivity index (χ2n) is 10.7. The zero-order chi connectivity index (χ0) is 21.7. The monoisotopic (exact) mass is 410 g/mol. The highest BCUT2D eigenvalue weighted by molar-refractivity contribution is 5.82. The fourth-order valence-electron chi connectivity index (χ4n) is 4.46. The van der Waals surface area contributed by atoms with Gasteiger partial charge in [0.2, 0.25) is 5.91 Å². The van der Waals surface area contributed by atoms with Crippen LogP contribution in [0.4, 0.5) is 5.82 Å². The molecule has 2 aromatic rings. The topological polar surface area (TPSA) is 71.3 Å². The molecule has 1 aliphatic carbocycles. The van der Waals surface area contributed by atoms with Gasteiger partial charge in [0.05, 0.1) is 18.2 Å². The van der Waals surface area contributed by atoms with Crippen LogP contribution < -0.4 is 10.4 Å². The van der Waals surface area contributed by atoms with Crippen LogP contribution in [0.25, 0.3) is 0 Å². The van der Waals surface area contributed by atoms with E-state index in [0.717, 1.165) is 30.1 Å². The first kappa shape index (κ1) is 20.9. The van der Waals surface area contributed by atoms with Crippen molar-refractivity contribution in [2.45, 2.75) is 90.0 Å². The molecule has 6 heteroatoms. The molecule has 162 valence electrons. The number of hydrazine groups is 1. The number of hydrogen-bond donors (Lipinski definition) is 1. The van der Waals surface area contributed by atoms with Crippen LogP contribution in [-0.2, 0) is 15.6 Å². The summed E-state index contributed by atoms with van der Waals surface area (Å²) in [4.78, 5) is 16.5. The Kier molecular flexibility index (Phi) is 5.15. The van der Waals surface area contributed by atoms with Crippen molar-refractivity contribution in [2.24, 2.45) is 5.92 Å². The van der Waals surface area contributed by atoms with Gasteiger partial charge >= 0.3 is 0 Å². The third-order valence-corrected chi connectivity index (χ3v) is 6.62. The maximum absolute atomic E-state index is 11.9. The molecule has 1 aliphatic heterocycles. The van der Waals surface area contributed by atoms with Crippen molar-refractivity contribution in [1.29, 1.82) is 0 Å². The van der Waals surface area contributed by atoms with E-state index in [1.807, 2.05) is 11.1 Å². The highest BCUT2D eigenvalue weighted by Gasteiger charge is 2.42. The lowest BCUT2D eigenvalue weighted by Gasteiger charge is -2.31. The van der Waals surface area contributed by atoms with Crippen molar-refractivity contribution in [3.63, 3.8) is 0 Å². The Hall–Kier alpha value is -2.37. The number of anilines is 1. The van der Waals surface area contributed by atoms with E-state index in [1.165, 1.54) is 12.0 Å². The molecule has 30 heavy (non-hydrogen) atoms. The van der Waals surface area contributed by atoms with E-state index in [0.29, 0.717) is 18.3 Å². The summed E-state index contributed by atoms with van der Waals surface area (Å²) in [7, 11) is 0. The van der Waals surface area contributed by atoms with Crippen LogP contribution in [0.1, 0.15) is 90.2 Å². The molecule has 4 rings (SSSR count). The summed E-state index contributed by atoms with van der Waals surface area (Å²) in [6.07, 6.45) is 5.71. The van der Waals surface area contributed by atoms with Crippen molar-refractivity contribution in [3.8, 4) is 0 Å². The van der Waals surface area contributed by atoms with Gasteiger partial charge in [-0.2, -0.15) is 0 Å². The third-order valence-electron chi connectivity index (χ3n) is 6.62. The molecule has 0 radical (unpaired) electrons. The fraction of sp³-hybridized carbons (Fsp3) is 0.625. The number of nitrogens with one attached hydrogen (secondary N) is 1. The van der Waals surface area contributed by atoms with E-state index in [4.69, 9.17) is 4.52 Å². The molecular weight excluding hydrogens is 376 g/mol. The molecule has 1 amide bonds. The predicted octanol–water partition coefficient (Wildman–Crippen LogP) is 4.86.